The third-order valence-corrected chi connectivity index (χ3v) is 4.14. The van der Waals surface area contributed by atoms with Crippen LogP contribution >= 0.6 is 0 Å². The van der Waals surface area contributed by atoms with Crippen LogP contribution in [0.4, 0.5) is 0 Å². The summed E-state index contributed by atoms with van der Waals surface area (Å²) in [5.74, 6) is 0.203. The summed E-state index contributed by atoms with van der Waals surface area (Å²) in [5.41, 5.74) is 1.38. The lowest BCUT2D eigenvalue weighted by molar-refractivity contribution is -0.137. The molecule has 0 aliphatic rings. The van der Waals surface area contributed by atoms with Gasteiger partial charge in [-0.1, -0.05) is 30.3 Å². The smallest absolute Gasteiger partial charge is 0.303 e. The van der Waals surface area contributed by atoms with Crippen LogP contribution in [-0.4, -0.2) is 22.0 Å². The molecular formula is C20H20N2O5. The zero-order chi connectivity index (χ0) is 19.2. The number of amides is 1. The summed E-state index contributed by atoms with van der Waals surface area (Å²) in [6, 6.07) is 12.4. The summed E-state index contributed by atoms with van der Waals surface area (Å²) in [6.07, 6.45) is 1.83. The van der Waals surface area contributed by atoms with Crippen LogP contribution in [0.3, 0.4) is 0 Å². The van der Waals surface area contributed by atoms with Gasteiger partial charge in [0, 0.05) is 6.42 Å². The second-order valence-electron chi connectivity index (χ2n) is 6.14. The molecule has 2 aromatic heterocycles. The van der Waals surface area contributed by atoms with Crippen molar-refractivity contribution < 1.29 is 23.5 Å². The molecule has 0 bridgehead atoms. The fourth-order valence-corrected chi connectivity index (χ4v) is 2.77. The van der Waals surface area contributed by atoms with Crippen LogP contribution in [-0.2, 0) is 16.0 Å². The van der Waals surface area contributed by atoms with Crippen LogP contribution < -0.4 is 5.32 Å². The van der Waals surface area contributed by atoms with Crippen LogP contribution in [0.5, 0.6) is 0 Å². The highest BCUT2D eigenvalue weighted by Crippen LogP contribution is 2.23. The molecule has 2 heterocycles. The van der Waals surface area contributed by atoms with Crippen LogP contribution in [0.25, 0.3) is 11.7 Å². The second kappa shape index (κ2) is 8.35. The van der Waals surface area contributed by atoms with Crippen molar-refractivity contribution in [3.8, 4) is 11.7 Å². The van der Waals surface area contributed by atoms with Crippen molar-refractivity contribution in [2.45, 2.75) is 32.2 Å². The largest absolute Gasteiger partial charge is 0.481 e. The van der Waals surface area contributed by atoms with Crippen molar-refractivity contribution in [1.29, 1.82) is 0 Å². The van der Waals surface area contributed by atoms with E-state index in [-0.39, 0.29) is 24.8 Å². The van der Waals surface area contributed by atoms with Gasteiger partial charge in [-0.05, 0) is 31.0 Å². The normalized spacial score (nSPS) is 11.9. The molecular weight excluding hydrogens is 348 g/mol. The number of nitrogens with one attached hydrogen (secondary N) is 1. The molecule has 0 aliphatic heterocycles. The highest BCUT2D eigenvalue weighted by molar-refractivity contribution is 5.79. The van der Waals surface area contributed by atoms with E-state index in [0.717, 1.165) is 5.56 Å². The lowest BCUT2D eigenvalue weighted by Crippen LogP contribution is -2.30. The molecule has 1 atom stereocenters. The summed E-state index contributed by atoms with van der Waals surface area (Å²) in [7, 11) is 0. The molecule has 0 fully saturated rings. The zero-order valence-corrected chi connectivity index (χ0v) is 14.8. The quantitative estimate of drug-likeness (QED) is 0.630. The van der Waals surface area contributed by atoms with Crippen molar-refractivity contribution in [3.05, 3.63) is 65.7 Å². The van der Waals surface area contributed by atoms with Crippen LogP contribution in [0.1, 0.15) is 35.9 Å². The Bertz CT molecular complexity index is 900. The number of oxazole rings is 1. The summed E-state index contributed by atoms with van der Waals surface area (Å²) < 4.78 is 10.8. The van der Waals surface area contributed by atoms with Gasteiger partial charge in [0.15, 0.2) is 5.76 Å². The summed E-state index contributed by atoms with van der Waals surface area (Å²) in [5, 5.41) is 11.9. The van der Waals surface area contributed by atoms with Gasteiger partial charge in [0.25, 0.3) is 5.89 Å². The molecule has 0 aliphatic carbocycles. The van der Waals surface area contributed by atoms with Crippen molar-refractivity contribution >= 4 is 11.9 Å². The zero-order valence-electron chi connectivity index (χ0n) is 14.8. The number of rotatable bonds is 8. The lowest BCUT2D eigenvalue weighted by Gasteiger charge is -2.18. The molecule has 3 rings (SSSR count). The number of aromatic nitrogens is 1. The number of carboxylic acid groups (broad SMARTS) is 1. The number of nitrogens with zero attached hydrogens (tertiary/aromatic N) is 1. The Morgan fingerprint density at radius 1 is 1.19 bits per heavy atom. The Hall–Kier alpha value is -3.35. The number of carbonyl (C=O) groups excluding carboxylic acids is 1. The second-order valence-corrected chi connectivity index (χ2v) is 6.14. The number of furan rings is 1. The van der Waals surface area contributed by atoms with Gasteiger partial charge in [-0.25, -0.2) is 4.98 Å². The van der Waals surface area contributed by atoms with Crippen molar-refractivity contribution in [2.75, 3.05) is 0 Å². The molecule has 7 nitrogen and oxygen atoms in total. The number of benzene rings is 1. The van der Waals surface area contributed by atoms with E-state index in [4.69, 9.17) is 13.9 Å². The maximum Gasteiger partial charge on any atom is 0.303 e. The van der Waals surface area contributed by atoms with Crippen molar-refractivity contribution in [1.82, 2.24) is 10.3 Å². The van der Waals surface area contributed by atoms with Gasteiger partial charge < -0.3 is 19.3 Å². The number of aryl methyl sites for hydroxylation is 1. The molecule has 1 unspecified atom stereocenters. The van der Waals surface area contributed by atoms with Gasteiger partial charge >= 0.3 is 5.97 Å². The van der Waals surface area contributed by atoms with Gasteiger partial charge in [0.2, 0.25) is 5.91 Å². The highest BCUT2D eigenvalue weighted by Gasteiger charge is 2.20. The van der Waals surface area contributed by atoms with E-state index >= 15 is 0 Å². The van der Waals surface area contributed by atoms with E-state index in [9.17, 15) is 9.59 Å². The minimum atomic E-state index is -0.902. The average molecular weight is 368 g/mol. The van der Waals surface area contributed by atoms with Crippen LogP contribution in [0.15, 0.2) is 57.6 Å². The van der Waals surface area contributed by atoms with Crippen molar-refractivity contribution in [2.24, 2.45) is 0 Å². The third kappa shape index (κ3) is 4.84. The van der Waals surface area contributed by atoms with E-state index in [1.165, 1.54) is 6.26 Å². The molecule has 7 heteroatoms. The first kappa shape index (κ1) is 18.4. The van der Waals surface area contributed by atoms with Crippen LogP contribution in [0, 0.1) is 6.92 Å². The van der Waals surface area contributed by atoms with Gasteiger partial charge in [0.1, 0.15) is 5.76 Å². The topological polar surface area (TPSA) is 106 Å². The summed E-state index contributed by atoms with van der Waals surface area (Å²) in [4.78, 5) is 27.8. The Labute approximate surface area is 156 Å². The molecule has 0 saturated heterocycles. The summed E-state index contributed by atoms with van der Waals surface area (Å²) in [6.45, 7) is 1.74. The monoisotopic (exact) mass is 368 g/mol. The molecule has 1 aromatic carbocycles. The third-order valence-electron chi connectivity index (χ3n) is 4.14. The molecule has 3 aromatic rings. The first-order chi connectivity index (χ1) is 13.0. The molecule has 0 saturated carbocycles. The van der Waals surface area contributed by atoms with E-state index < -0.39 is 5.97 Å². The molecule has 140 valence electrons. The fraction of sp³-hybridized carbons (Fsp3) is 0.250. The molecule has 0 radical (unpaired) electrons. The number of carboxylic acids is 1. The molecule has 1 amide bonds. The maximum atomic E-state index is 12.5. The molecule has 2 N–H and O–H groups in total. The van der Waals surface area contributed by atoms with Gasteiger partial charge in [-0.15, -0.1) is 0 Å². The number of carbonyl (C=O) groups is 2. The number of aliphatic carboxylic acids is 1. The molecule has 0 spiro atoms. The van der Waals surface area contributed by atoms with E-state index in [1.54, 1.807) is 19.1 Å². The Morgan fingerprint density at radius 2 is 1.96 bits per heavy atom. The maximum absolute atomic E-state index is 12.5. The summed E-state index contributed by atoms with van der Waals surface area (Å²) >= 11 is 0. The van der Waals surface area contributed by atoms with E-state index in [0.29, 0.717) is 29.5 Å². The Morgan fingerprint density at radius 3 is 2.63 bits per heavy atom. The molecule has 27 heavy (non-hydrogen) atoms. The number of hydrogen-bond acceptors (Lipinski definition) is 5. The van der Waals surface area contributed by atoms with E-state index in [2.05, 4.69) is 10.3 Å². The van der Waals surface area contributed by atoms with Gasteiger partial charge in [-0.3, -0.25) is 9.59 Å². The predicted molar refractivity (Wildman–Crippen MR) is 96.8 cm³/mol. The first-order valence-corrected chi connectivity index (χ1v) is 8.59. The van der Waals surface area contributed by atoms with Gasteiger partial charge in [-0.2, -0.15) is 0 Å². The Balaban J connectivity index is 1.70. The predicted octanol–water partition coefficient (Wildman–Crippen LogP) is 3.51. The SMILES string of the molecule is Cc1oc(-c2ccco2)nc1CC(=O)NC(CCC(=O)O)c1ccccc1. The van der Waals surface area contributed by atoms with Gasteiger partial charge in [0.05, 0.1) is 24.4 Å². The minimum Gasteiger partial charge on any atom is -0.481 e. The van der Waals surface area contributed by atoms with Crippen molar-refractivity contribution in [3.63, 3.8) is 0 Å². The highest BCUT2D eigenvalue weighted by atomic mass is 16.4. The lowest BCUT2D eigenvalue weighted by atomic mass is 10.0. The number of hydrogen-bond donors (Lipinski definition) is 2. The average Bonchev–Trinajstić information content (AvgIpc) is 3.29. The standard InChI is InChI=1S/C20H20N2O5/c1-13-16(22-20(27-13)17-8-5-11-26-17)12-18(23)21-15(9-10-19(24)25)14-6-3-2-4-7-14/h2-8,11,15H,9-10,12H2,1H3,(H,21,23)(H,24,25). The first-order valence-electron chi connectivity index (χ1n) is 8.59. The fourth-order valence-electron chi connectivity index (χ4n) is 2.77. The Kier molecular flexibility index (Phi) is 5.71. The van der Waals surface area contributed by atoms with Crippen LogP contribution in [0.2, 0.25) is 0 Å². The minimum absolute atomic E-state index is 0.0342. The van der Waals surface area contributed by atoms with E-state index in [1.807, 2.05) is 30.3 Å².